The van der Waals surface area contributed by atoms with E-state index in [4.69, 9.17) is 0 Å². The first kappa shape index (κ1) is 15.6. The molecule has 0 spiro atoms. The van der Waals surface area contributed by atoms with E-state index >= 15 is 0 Å². The number of benzene rings is 2. The number of hydrogen-bond acceptors (Lipinski definition) is 2. The van der Waals surface area contributed by atoms with Crippen molar-refractivity contribution >= 4 is 21.8 Å². The van der Waals surface area contributed by atoms with Crippen LogP contribution in [-0.2, 0) is 6.54 Å². The summed E-state index contributed by atoms with van der Waals surface area (Å²) in [4.78, 5) is 14.2. The van der Waals surface area contributed by atoms with Crippen LogP contribution in [0.2, 0.25) is 0 Å². The number of aryl methyl sites for hydroxylation is 2. The number of carbonyl (C=O) groups excluding carboxylic acids is 1. The van der Waals surface area contributed by atoms with Crippen molar-refractivity contribution in [2.45, 2.75) is 20.4 Å². The third-order valence-electron chi connectivity index (χ3n) is 3.31. The average molecular weight is 348 g/mol. The van der Waals surface area contributed by atoms with Crippen molar-refractivity contribution in [2.24, 2.45) is 0 Å². The summed E-state index contributed by atoms with van der Waals surface area (Å²) in [6, 6.07) is 10.9. The average Bonchev–Trinajstić information content (AvgIpc) is 2.42. The van der Waals surface area contributed by atoms with Crippen molar-refractivity contribution < 1.29 is 9.90 Å². The fraction of sp³-hybridized carbons (Fsp3) is 0.235. The lowest BCUT2D eigenvalue weighted by Gasteiger charge is -2.19. The second-order valence-electron chi connectivity index (χ2n) is 5.27. The van der Waals surface area contributed by atoms with Crippen molar-refractivity contribution in [2.75, 3.05) is 7.05 Å². The van der Waals surface area contributed by atoms with E-state index in [1.54, 1.807) is 30.1 Å². The second-order valence-corrected chi connectivity index (χ2v) is 6.07. The molecule has 0 aliphatic heterocycles. The minimum absolute atomic E-state index is 0.0444. The Balaban J connectivity index is 2.24. The lowest BCUT2D eigenvalue weighted by Crippen LogP contribution is -2.26. The molecule has 0 fully saturated rings. The number of rotatable bonds is 3. The molecule has 0 atom stereocenters. The smallest absolute Gasteiger partial charge is 0.255 e. The SMILES string of the molecule is Cc1cc(C)c(Br)c(C(=O)N(C)Cc2cccc(O)c2)c1. The number of phenolic OH excluding ortho intramolecular Hbond substituents is 1. The van der Waals surface area contributed by atoms with Crippen molar-refractivity contribution in [3.8, 4) is 5.75 Å². The van der Waals surface area contributed by atoms with Crippen molar-refractivity contribution in [3.63, 3.8) is 0 Å². The number of amides is 1. The van der Waals surface area contributed by atoms with E-state index in [1.807, 2.05) is 32.0 Å². The Morgan fingerprint density at radius 2 is 1.95 bits per heavy atom. The lowest BCUT2D eigenvalue weighted by molar-refractivity contribution is 0.0784. The topological polar surface area (TPSA) is 40.5 Å². The molecule has 2 aromatic carbocycles. The molecule has 0 aliphatic rings. The summed E-state index contributed by atoms with van der Waals surface area (Å²) < 4.78 is 0.834. The van der Waals surface area contributed by atoms with E-state index in [2.05, 4.69) is 15.9 Å². The molecule has 2 aromatic rings. The molecular formula is C17H18BrNO2. The minimum atomic E-state index is -0.0444. The molecule has 21 heavy (non-hydrogen) atoms. The van der Waals surface area contributed by atoms with Gasteiger partial charge in [-0.25, -0.2) is 0 Å². The van der Waals surface area contributed by atoms with Crippen LogP contribution in [0.4, 0.5) is 0 Å². The van der Waals surface area contributed by atoms with Crippen LogP contribution in [0.3, 0.4) is 0 Å². The first-order chi connectivity index (χ1) is 9.88. The highest BCUT2D eigenvalue weighted by molar-refractivity contribution is 9.10. The zero-order valence-corrected chi connectivity index (χ0v) is 13.9. The van der Waals surface area contributed by atoms with Crippen molar-refractivity contribution in [3.05, 3.63) is 63.1 Å². The minimum Gasteiger partial charge on any atom is -0.508 e. The largest absolute Gasteiger partial charge is 0.508 e. The second kappa shape index (κ2) is 6.31. The molecule has 0 aliphatic carbocycles. The molecular weight excluding hydrogens is 330 g/mol. The Labute approximate surface area is 133 Å². The fourth-order valence-electron chi connectivity index (χ4n) is 2.31. The van der Waals surface area contributed by atoms with Crippen LogP contribution in [-0.4, -0.2) is 23.0 Å². The Morgan fingerprint density at radius 1 is 1.24 bits per heavy atom. The van der Waals surface area contributed by atoms with Gasteiger partial charge in [0.1, 0.15) is 5.75 Å². The number of halogens is 1. The van der Waals surface area contributed by atoms with Gasteiger partial charge in [-0.3, -0.25) is 4.79 Å². The van der Waals surface area contributed by atoms with E-state index in [9.17, 15) is 9.90 Å². The van der Waals surface area contributed by atoms with Crippen LogP contribution in [0, 0.1) is 13.8 Å². The number of nitrogens with zero attached hydrogens (tertiary/aromatic N) is 1. The molecule has 0 aromatic heterocycles. The van der Waals surface area contributed by atoms with Gasteiger partial charge in [0.2, 0.25) is 0 Å². The predicted octanol–water partition coefficient (Wildman–Crippen LogP) is 4.04. The first-order valence-electron chi connectivity index (χ1n) is 6.68. The van der Waals surface area contributed by atoms with Crippen LogP contribution in [0.25, 0.3) is 0 Å². The van der Waals surface area contributed by atoms with Gasteiger partial charge in [0.25, 0.3) is 5.91 Å². The van der Waals surface area contributed by atoms with E-state index in [0.29, 0.717) is 12.1 Å². The summed E-state index contributed by atoms with van der Waals surface area (Å²) in [6.45, 7) is 4.40. The predicted molar refractivity (Wildman–Crippen MR) is 87.5 cm³/mol. The van der Waals surface area contributed by atoms with Gasteiger partial charge in [0.05, 0.1) is 5.56 Å². The maximum Gasteiger partial charge on any atom is 0.255 e. The van der Waals surface area contributed by atoms with E-state index in [0.717, 1.165) is 21.2 Å². The molecule has 0 heterocycles. The zero-order valence-electron chi connectivity index (χ0n) is 12.4. The molecule has 0 saturated heterocycles. The highest BCUT2D eigenvalue weighted by atomic mass is 79.9. The fourth-order valence-corrected chi connectivity index (χ4v) is 2.71. The molecule has 4 heteroatoms. The van der Waals surface area contributed by atoms with Gasteiger partial charge in [-0.2, -0.15) is 0 Å². The maximum atomic E-state index is 12.6. The summed E-state index contributed by atoms with van der Waals surface area (Å²) in [5.74, 6) is 0.165. The molecule has 0 radical (unpaired) electrons. The number of hydrogen-bond donors (Lipinski definition) is 1. The Bertz CT molecular complexity index is 682. The van der Waals surface area contributed by atoms with Gasteiger partial charge in [-0.15, -0.1) is 0 Å². The van der Waals surface area contributed by atoms with Gasteiger partial charge < -0.3 is 10.0 Å². The van der Waals surface area contributed by atoms with Crippen LogP contribution < -0.4 is 0 Å². The molecule has 1 N–H and O–H groups in total. The molecule has 3 nitrogen and oxygen atoms in total. The number of phenols is 1. The van der Waals surface area contributed by atoms with Gasteiger partial charge in [0.15, 0.2) is 0 Å². The van der Waals surface area contributed by atoms with Crippen molar-refractivity contribution in [1.29, 1.82) is 0 Å². The Morgan fingerprint density at radius 3 is 2.62 bits per heavy atom. The zero-order chi connectivity index (χ0) is 15.6. The Hall–Kier alpha value is -1.81. The third-order valence-corrected chi connectivity index (χ3v) is 4.36. The summed E-state index contributed by atoms with van der Waals surface area (Å²) in [5, 5.41) is 9.49. The van der Waals surface area contributed by atoms with E-state index in [1.165, 1.54) is 0 Å². The molecule has 110 valence electrons. The molecule has 0 bridgehead atoms. The first-order valence-corrected chi connectivity index (χ1v) is 7.48. The van der Waals surface area contributed by atoms with Gasteiger partial charge in [0, 0.05) is 18.1 Å². The van der Waals surface area contributed by atoms with E-state index in [-0.39, 0.29) is 11.7 Å². The highest BCUT2D eigenvalue weighted by Crippen LogP contribution is 2.25. The summed E-state index contributed by atoms with van der Waals surface area (Å²) in [5.41, 5.74) is 3.66. The lowest BCUT2D eigenvalue weighted by atomic mass is 10.1. The summed E-state index contributed by atoms with van der Waals surface area (Å²) in [7, 11) is 1.76. The summed E-state index contributed by atoms with van der Waals surface area (Å²) in [6.07, 6.45) is 0. The van der Waals surface area contributed by atoms with Crippen LogP contribution >= 0.6 is 15.9 Å². The third kappa shape index (κ3) is 3.64. The molecule has 2 rings (SSSR count). The van der Waals surface area contributed by atoms with Crippen LogP contribution in [0.5, 0.6) is 5.75 Å². The van der Waals surface area contributed by atoms with Gasteiger partial charge in [-0.1, -0.05) is 18.2 Å². The number of carbonyl (C=O) groups is 1. The van der Waals surface area contributed by atoms with Crippen LogP contribution in [0.15, 0.2) is 40.9 Å². The quantitative estimate of drug-likeness (QED) is 0.909. The molecule has 0 unspecified atom stereocenters. The normalized spacial score (nSPS) is 10.5. The highest BCUT2D eigenvalue weighted by Gasteiger charge is 2.17. The van der Waals surface area contributed by atoms with Crippen molar-refractivity contribution in [1.82, 2.24) is 4.90 Å². The van der Waals surface area contributed by atoms with E-state index < -0.39 is 0 Å². The van der Waals surface area contributed by atoms with Gasteiger partial charge in [-0.05, 0) is 64.7 Å². The Kier molecular flexibility index (Phi) is 4.68. The monoisotopic (exact) mass is 347 g/mol. The van der Waals surface area contributed by atoms with Crippen LogP contribution in [0.1, 0.15) is 27.0 Å². The number of aromatic hydroxyl groups is 1. The summed E-state index contributed by atoms with van der Waals surface area (Å²) >= 11 is 3.49. The molecule has 0 saturated carbocycles. The van der Waals surface area contributed by atoms with Gasteiger partial charge >= 0.3 is 0 Å². The molecule has 1 amide bonds. The standard InChI is InChI=1S/C17H18BrNO2/c1-11-7-12(2)16(18)15(8-11)17(21)19(3)10-13-5-4-6-14(20)9-13/h4-9,20H,10H2,1-3H3. The maximum absolute atomic E-state index is 12.6.